The molecule has 0 unspecified atom stereocenters. The van der Waals surface area contributed by atoms with E-state index in [9.17, 15) is 9.59 Å². The second kappa shape index (κ2) is 8.19. The van der Waals surface area contributed by atoms with Crippen LogP contribution in [0.15, 0.2) is 18.2 Å². The summed E-state index contributed by atoms with van der Waals surface area (Å²) in [5.41, 5.74) is 2.62. The minimum Gasteiger partial charge on any atom is -0.385 e. The molecule has 1 aromatic rings. The van der Waals surface area contributed by atoms with Crippen molar-refractivity contribution in [3.63, 3.8) is 0 Å². The van der Waals surface area contributed by atoms with Gasteiger partial charge in [0, 0.05) is 24.3 Å². The zero-order valence-corrected chi connectivity index (χ0v) is 12.4. The fraction of sp³-hybridized carbons (Fsp3) is 0.467. The van der Waals surface area contributed by atoms with E-state index in [1.54, 1.807) is 6.07 Å². The molecule has 5 heteroatoms. The second-order valence-electron chi connectivity index (χ2n) is 4.59. The van der Waals surface area contributed by atoms with Crippen molar-refractivity contribution in [2.45, 2.75) is 27.2 Å². The van der Waals surface area contributed by atoms with E-state index < -0.39 is 0 Å². The molecular weight excluding hydrogens is 254 g/mol. The molecule has 0 fully saturated rings. The molecule has 3 N–H and O–H groups in total. The van der Waals surface area contributed by atoms with Crippen LogP contribution in [0.3, 0.4) is 0 Å². The standard InChI is InChI=1S/C15H23N3O2/c1-4-8-17-13-7-6-12(9-11(13)3)15(20)18-10-14(19)16-5-2/h6-7,9,17H,4-5,8,10H2,1-3H3,(H,16,19)(H,18,20). The first-order chi connectivity index (χ1) is 9.58. The van der Waals surface area contributed by atoms with Crippen molar-refractivity contribution in [2.24, 2.45) is 0 Å². The van der Waals surface area contributed by atoms with E-state index in [0.717, 1.165) is 24.2 Å². The summed E-state index contributed by atoms with van der Waals surface area (Å²) in [6.45, 7) is 7.37. The van der Waals surface area contributed by atoms with E-state index in [2.05, 4.69) is 22.9 Å². The van der Waals surface area contributed by atoms with Gasteiger partial charge in [-0.15, -0.1) is 0 Å². The Morgan fingerprint density at radius 1 is 1.15 bits per heavy atom. The van der Waals surface area contributed by atoms with E-state index >= 15 is 0 Å². The Labute approximate surface area is 120 Å². The first-order valence-electron chi connectivity index (χ1n) is 6.97. The van der Waals surface area contributed by atoms with Gasteiger partial charge in [0.25, 0.3) is 5.91 Å². The number of amides is 2. The average molecular weight is 277 g/mol. The van der Waals surface area contributed by atoms with Crippen molar-refractivity contribution in [3.05, 3.63) is 29.3 Å². The van der Waals surface area contributed by atoms with Crippen LogP contribution in [0.1, 0.15) is 36.2 Å². The highest BCUT2D eigenvalue weighted by molar-refractivity contribution is 5.97. The molecule has 0 saturated heterocycles. The molecule has 5 nitrogen and oxygen atoms in total. The van der Waals surface area contributed by atoms with Crippen molar-refractivity contribution < 1.29 is 9.59 Å². The molecule has 1 aromatic carbocycles. The van der Waals surface area contributed by atoms with Gasteiger partial charge >= 0.3 is 0 Å². The summed E-state index contributed by atoms with van der Waals surface area (Å²) in [6, 6.07) is 5.48. The van der Waals surface area contributed by atoms with Gasteiger partial charge in [0.05, 0.1) is 6.54 Å². The third-order valence-corrected chi connectivity index (χ3v) is 2.84. The van der Waals surface area contributed by atoms with Gasteiger partial charge in [-0.2, -0.15) is 0 Å². The highest BCUT2D eigenvalue weighted by Gasteiger charge is 2.09. The third-order valence-electron chi connectivity index (χ3n) is 2.84. The van der Waals surface area contributed by atoms with Gasteiger partial charge in [0.2, 0.25) is 5.91 Å². The maximum Gasteiger partial charge on any atom is 0.251 e. The highest BCUT2D eigenvalue weighted by Crippen LogP contribution is 2.16. The molecule has 0 aromatic heterocycles. The summed E-state index contributed by atoms with van der Waals surface area (Å²) in [6.07, 6.45) is 1.05. The van der Waals surface area contributed by atoms with Crippen molar-refractivity contribution in [1.29, 1.82) is 0 Å². The summed E-state index contributed by atoms with van der Waals surface area (Å²) in [5, 5.41) is 8.53. The number of rotatable bonds is 7. The van der Waals surface area contributed by atoms with Crippen LogP contribution in [0.25, 0.3) is 0 Å². The van der Waals surface area contributed by atoms with Crippen LogP contribution in [0.5, 0.6) is 0 Å². The van der Waals surface area contributed by atoms with Crippen LogP contribution in [-0.2, 0) is 4.79 Å². The molecule has 0 aliphatic heterocycles. The lowest BCUT2D eigenvalue weighted by Gasteiger charge is -2.10. The molecule has 0 aliphatic carbocycles. The Bertz CT molecular complexity index is 472. The average Bonchev–Trinajstić information content (AvgIpc) is 2.43. The van der Waals surface area contributed by atoms with Crippen molar-refractivity contribution in [2.75, 3.05) is 25.0 Å². The second-order valence-corrected chi connectivity index (χ2v) is 4.59. The normalized spacial score (nSPS) is 9.95. The number of nitrogens with one attached hydrogen (secondary N) is 3. The lowest BCUT2D eigenvalue weighted by Crippen LogP contribution is -2.36. The van der Waals surface area contributed by atoms with Gasteiger partial charge in [0.15, 0.2) is 0 Å². The van der Waals surface area contributed by atoms with Crippen LogP contribution >= 0.6 is 0 Å². The Kier molecular flexibility index (Phi) is 6.56. The molecule has 110 valence electrons. The van der Waals surface area contributed by atoms with Crippen LogP contribution in [-0.4, -0.2) is 31.4 Å². The highest BCUT2D eigenvalue weighted by atomic mass is 16.2. The zero-order valence-electron chi connectivity index (χ0n) is 12.4. The number of anilines is 1. The van der Waals surface area contributed by atoms with Gasteiger partial charge in [-0.05, 0) is 44.0 Å². The SMILES string of the molecule is CCCNc1ccc(C(=O)NCC(=O)NCC)cc1C. The summed E-state index contributed by atoms with van der Waals surface area (Å²) >= 11 is 0. The molecule has 0 heterocycles. The summed E-state index contributed by atoms with van der Waals surface area (Å²) in [7, 11) is 0. The van der Waals surface area contributed by atoms with Crippen LogP contribution < -0.4 is 16.0 Å². The van der Waals surface area contributed by atoms with Gasteiger partial charge in [-0.25, -0.2) is 0 Å². The Morgan fingerprint density at radius 3 is 2.50 bits per heavy atom. The van der Waals surface area contributed by atoms with E-state index in [-0.39, 0.29) is 18.4 Å². The van der Waals surface area contributed by atoms with Gasteiger partial charge in [-0.3, -0.25) is 9.59 Å². The van der Waals surface area contributed by atoms with E-state index in [1.807, 2.05) is 26.0 Å². The van der Waals surface area contributed by atoms with E-state index in [4.69, 9.17) is 0 Å². The Morgan fingerprint density at radius 2 is 1.90 bits per heavy atom. The number of aryl methyl sites for hydroxylation is 1. The molecular formula is C15H23N3O2. The number of benzene rings is 1. The lowest BCUT2D eigenvalue weighted by atomic mass is 10.1. The third kappa shape index (κ3) is 4.91. The molecule has 0 saturated carbocycles. The Hall–Kier alpha value is -2.04. The fourth-order valence-corrected chi connectivity index (χ4v) is 1.79. The van der Waals surface area contributed by atoms with Crippen molar-refractivity contribution in [1.82, 2.24) is 10.6 Å². The molecule has 20 heavy (non-hydrogen) atoms. The maximum atomic E-state index is 11.9. The maximum absolute atomic E-state index is 11.9. The summed E-state index contributed by atoms with van der Waals surface area (Å²) in [4.78, 5) is 23.2. The molecule has 0 atom stereocenters. The van der Waals surface area contributed by atoms with Gasteiger partial charge < -0.3 is 16.0 Å². The predicted molar refractivity (Wildman–Crippen MR) is 81.0 cm³/mol. The molecule has 2 amide bonds. The van der Waals surface area contributed by atoms with Gasteiger partial charge in [-0.1, -0.05) is 6.92 Å². The first kappa shape index (κ1) is 16.0. The number of hydrogen-bond donors (Lipinski definition) is 3. The smallest absolute Gasteiger partial charge is 0.251 e. The molecule has 0 radical (unpaired) electrons. The molecule has 0 spiro atoms. The number of carbonyl (C=O) groups is 2. The van der Waals surface area contributed by atoms with Crippen molar-refractivity contribution in [3.8, 4) is 0 Å². The molecule has 0 bridgehead atoms. The topological polar surface area (TPSA) is 70.2 Å². The zero-order chi connectivity index (χ0) is 15.0. The predicted octanol–water partition coefficient (Wildman–Crippen LogP) is 1.68. The van der Waals surface area contributed by atoms with Crippen LogP contribution in [0.4, 0.5) is 5.69 Å². The number of hydrogen-bond acceptors (Lipinski definition) is 3. The quantitative estimate of drug-likeness (QED) is 0.710. The van der Waals surface area contributed by atoms with Crippen molar-refractivity contribution >= 4 is 17.5 Å². The monoisotopic (exact) mass is 277 g/mol. The largest absolute Gasteiger partial charge is 0.385 e. The van der Waals surface area contributed by atoms with Crippen LogP contribution in [0, 0.1) is 6.92 Å². The first-order valence-corrected chi connectivity index (χ1v) is 6.97. The lowest BCUT2D eigenvalue weighted by molar-refractivity contribution is -0.120. The molecule has 0 aliphatic rings. The minimum atomic E-state index is -0.235. The summed E-state index contributed by atoms with van der Waals surface area (Å²) in [5.74, 6) is -0.416. The van der Waals surface area contributed by atoms with Crippen LogP contribution in [0.2, 0.25) is 0 Å². The number of carbonyl (C=O) groups excluding carboxylic acids is 2. The Balaban J connectivity index is 2.60. The minimum absolute atomic E-state index is 0.00154. The van der Waals surface area contributed by atoms with E-state index in [0.29, 0.717) is 12.1 Å². The van der Waals surface area contributed by atoms with Gasteiger partial charge in [0.1, 0.15) is 0 Å². The summed E-state index contributed by atoms with van der Waals surface area (Å²) < 4.78 is 0. The molecule has 1 rings (SSSR count). The fourth-order valence-electron chi connectivity index (χ4n) is 1.79. The van der Waals surface area contributed by atoms with E-state index in [1.165, 1.54) is 0 Å². The number of likely N-dealkylation sites (N-methyl/N-ethyl adjacent to an activating group) is 1.